The molecule has 2 heteroatoms. The highest BCUT2D eigenvalue weighted by Crippen LogP contribution is 2.40. The third-order valence-electron chi connectivity index (χ3n) is 4.82. The van der Waals surface area contributed by atoms with Crippen molar-refractivity contribution in [3.05, 3.63) is 35.1 Å². The molecule has 1 aliphatic carbocycles. The van der Waals surface area contributed by atoms with Crippen molar-refractivity contribution in [2.45, 2.75) is 83.2 Å². The van der Waals surface area contributed by atoms with Gasteiger partial charge in [-0.1, -0.05) is 64.4 Å². The van der Waals surface area contributed by atoms with Crippen LogP contribution in [-0.2, 0) is 12.0 Å². The lowest BCUT2D eigenvalue weighted by molar-refractivity contribution is 0.0267. The van der Waals surface area contributed by atoms with Crippen molar-refractivity contribution < 1.29 is 9.50 Å². The molecule has 0 saturated carbocycles. The molecule has 0 radical (unpaired) electrons. The molecule has 0 amide bonds. The van der Waals surface area contributed by atoms with Crippen molar-refractivity contribution in [2.24, 2.45) is 0 Å². The predicted octanol–water partition coefficient (Wildman–Crippen LogP) is 5.49. The lowest BCUT2D eigenvalue weighted by Gasteiger charge is -2.24. The first-order valence-electron chi connectivity index (χ1n) is 8.67. The first-order valence-corrected chi connectivity index (χ1v) is 8.67. The minimum Gasteiger partial charge on any atom is -0.385 e. The molecular weight excluding hydrogens is 263 g/mol. The SMILES string of the molecule is CCCCCCCCCCC1(O)CCc2cc(F)ccc21. The van der Waals surface area contributed by atoms with Gasteiger partial charge in [-0.2, -0.15) is 0 Å². The number of hydrogen-bond donors (Lipinski definition) is 1. The van der Waals surface area contributed by atoms with Gasteiger partial charge in [0.2, 0.25) is 0 Å². The van der Waals surface area contributed by atoms with Gasteiger partial charge in [0.25, 0.3) is 0 Å². The lowest BCUT2D eigenvalue weighted by atomic mass is 9.89. The van der Waals surface area contributed by atoms with Crippen LogP contribution in [-0.4, -0.2) is 5.11 Å². The summed E-state index contributed by atoms with van der Waals surface area (Å²) in [5.41, 5.74) is 1.26. The topological polar surface area (TPSA) is 20.2 Å². The second-order valence-corrected chi connectivity index (χ2v) is 6.56. The molecule has 1 nitrogen and oxygen atoms in total. The normalized spacial score (nSPS) is 20.7. The van der Waals surface area contributed by atoms with Crippen LogP contribution in [0.3, 0.4) is 0 Å². The molecule has 2 rings (SSSR count). The van der Waals surface area contributed by atoms with E-state index in [2.05, 4.69) is 6.92 Å². The summed E-state index contributed by atoms with van der Waals surface area (Å²) < 4.78 is 13.2. The maximum absolute atomic E-state index is 13.2. The number of halogens is 1. The highest BCUT2D eigenvalue weighted by atomic mass is 19.1. The molecule has 1 aromatic rings. The fourth-order valence-electron chi connectivity index (χ4n) is 3.51. The van der Waals surface area contributed by atoms with Gasteiger partial charge in [-0.3, -0.25) is 0 Å². The standard InChI is InChI=1S/C19H29FO/c1-2-3-4-5-6-7-8-9-13-19(21)14-12-16-15-17(20)10-11-18(16)19/h10-11,15,21H,2-9,12-14H2,1H3. The van der Waals surface area contributed by atoms with Gasteiger partial charge in [-0.25, -0.2) is 4.39 Å². The molecule has 0 heterocycles. The highest BCUT2D eigenvalue weighted by Gasteiger charge is 2.35. The van der Waals surface area contributed by atoms with Crippen LogP contribution in [0.1, 0.15) is 82.3 Å². The molecule has 21 heavy (non-hydrogen) atoms. The predicted molar refractivity (Wildman–Crippen MR) is 85.8 cm³/mol. The van der Waals surface area contributed by atoms with E-state index in [0.717, 1.165) is 36.8 Å². The van der Waals surface area contributed by atoms with E-state index in [9.17, 15) is 9.50 Å². The van der Waals surface area contributed by atoms with Crippen LogP contribution < -0.4 is 0 Å². The van der Waals surface area contributed by atoms with Crippen molar-refractivity contribution >= 4 is 0 Å². The van der Waals surface area contributed by atoms with Gasteiger partial charge in [0.15, 0.2) is 0 Å². The second kappa shape index (κ2) is 7.93. The first kappa shape index (κ1) is 16.5. The van der Waals surface area contributed by atoms with E-state index in [-0.39, 0.29) is 5.82 Å². The van der Waals surface area contributed by atoms with Gasteiger partial charge in [0.1, 0.15) is 5.82 Å². The van der Waals surface area contributed by atoms with Crippen molar-refractivity contribution in [3.63, 3.8) is 0 Å². The first-order chi connectivity index (χ1) is 10.2. The molecule has 118 valence electrons. The second-order valence-electron chi connectivity index (χ2n) is 6.56. The van der Waals surface area contributed by atoms with Gasteiger partial charge < -0.3 is 5.11 Å². The van der Waals surface area contributed by atoms with Gasteiger partial charge in [-0.05, 0) is 42.5 Å². The molecule has 1 aliphatic rings. The van der Waals surface area contributed by atoms with Crippen LogP contribution in [0, 0.1) is 5.82 Å². The molecule has 0 aliphatic heterocycles. The number of rotatable bonds is 9. The van der Waals surface area contributed by atoms with Crippen molar-refractivity contribution in [3.8, 4) is 0 Å². The van der Waals surface area contributed by atoms with Crippen molar-refractivity contribution in [2.75, 3.05) is 0 Å². The third-order valence-corrected chi connectivity index (χ3v) is 4.82. The number of aliphatic hydroxyl groups is 1. The van der Waals surface area contributed by atoms with Crippen LogP contribution in [0.25, 0.3) is 0 Å². The zero-order chi connectivity index (χ0) is 15.1. The van der Waals surface area contributed by atoms with Crippen molar-refractivity contribution in [1.82, 2.24) is 0 Å². The minimum atomic E-state index is -0.703. The molecular formula is C19H29FO. The van der Waals surface area contributed by atoms with E-state index in [1.807, 2.05) is 0 Å². The third kappa shape index (κ3) is 4.54. The largest absolute Gasteiger partial charge is 0.385 e. The van der Waals surface area contributed by atoms with E-state index >= 15 is 0 Å². The summed E-state index contributed by atoms with van der Waals surface area (Å²) in [6.45, 7) is 2.24. The number of unbranched alkanes of at least 4 members (excludes halogenated alkanes) is 7. The van der Waals surface area contributed by atoms with Crippen molar-refractivity contribution in [1.29, 1.82) is 0 Å². The summed E-state index contributed by atoms with van der Waals surface area (Å²) in [5, 5.41) is 10.8. The van der Waals surface area contributed by atoms with Gasteiger partial charge in [0.05, 0.1) is 5.60 Å². The Hall–Kier alpha value is -0.890. The zero-order valence-electron chi connectivity index (χ0n) is 13.3. The van der Waals surface area contributed by atoms with E-state index in [1.54, 1.807) is 12.1 Å². The van der Waals surface area contributed by atoms with Gasteiger partial charge in [0, 0.05) is 0 Å². The van der Waals surface area contributed by atoms with Gasteiger partial charge in [-0.15, -0.1) is 0 Å². The van der Waals surface area contributed by atoms with E-state index in [0.29, 0.717) is 0 Å². The Bertz CT molecular complexity index is 443. The fraction of sp³-hybridized carbons (Fsp3) is 0.684. The molecule has 1 aromatic carbocycles. The summed E-state index contributed by atoms with van der Waals surface area (Å²) >= 11 is 0. The molecule has 1 atom stereocenters. The molecule has 1 unspecified atom stereocenters. The lowest BCUT2D eigenvalue weighted by Crippen LogP contribution is -2.22. The van der Waals surface area contributed by atoms with Crippen LogP contribution in [0.15, 0.2) is 18.2 Å². The monoisotopic (exact) mass is 292 g/mol. The summed E-state index contributed by atoms with van der Waals surface area (Å²) in [6.07, 6.45) is 12.6. The smallest absolute Gasteiger partial charge is 0.123 e. The molecule has 0 bridgehead atoms. The fourth-order valence-corrected chi connectivity index (χ4v) is 3.51. The Morgan fingerprint density at radius 1 is 1.05 bits per heavy atom. The van der Waals surface area contributed by atoms with E-state index in [4.69, 9.17) is 0 Å². The average Bonchev–Trinajstić information content (AvgIpc) is 2.79. The molecule has 0 saturated heterocycles. The molecule has 1 N–H and O–H groups in total. The Balaban J connectivity index is 1.70. The van der Waals surface area contributed by atoms with E-state index < -0.39 is 5.60 Å². The summed E-state index contributed by atoms with van der Waals surface area (Å²) in [6, 6.07) is 4.84. The Morgan fingerprint density at radius 3 is 2.43 bits per heavy atom. The average molecular weight is 292 g/mol. The van der Waals surface area contributed by atoms with E-state index in [1.165, 1.54) is 51.0 Å². The minimum absolute atomic E-state index is 0.190. The molecule has 0 spiro atoms. The van der Waals surface area contributed by atoms with Crippen LogP contribution in [0.4, 0.5) is 4.39 Å². The number of aryl methyl sites for hydroxylation is 1. The summed E-state index contributed by atoms with van der Waals surface area (Å²) in [7, 11) is 0. The number of fused-ring (bicyclic) bond motifs is 1. The summed E-state index contributed by atoms with van der Waals surface area (Å²) in [5.74, 6) is -0.190. The maximum atomic E-state index is 13.2. The molecule has 0 fully saturated rings. The summed E-state index contributed by atoms with van der Waals surface area (Å²) in [4.78, 5) is 0. The Morgan fingerprint density at radius 2 is 1.71 bits per heavy atom. The number of benzene rings is 1. The molecule has 0 aromatic heterocycles. The Kier molecular flexibility index (Phi) is 6.22. The maximum Gasteiger partial charge on any atom is 0.123 e. The number of hydrogen-bond acceptors (Lipinski definition) is 1. The Labute approximate surface area is 128 Å². The van der Waals surface area contributed by atoms with Crippen LogP contribution in [0.2, 0.25) is 0 Å². The quantitative estimate of drug-likeness (QED) is 0.597. The van der Waals surface area contributed by atoms with Crippen LogP contribution >= 0.6 is 0 Å². The van der Waals surface area contributed by atoms with Gasteiger partial charge >= 0.3 is 0 Å². The zero-order valence-corrected chi connectivity index (χ0v) is 13.3. The highest BCUT2D eigenvalue weighted by molar-refractivity contribution is 5.37. The van der Waals surface area contributed by atoms with Crippen LogP contribution in [0.5, 0.6) is 0 Å².